The number of fused-ring (bicyclic) bond motifs is 3. The number of Topliss-reactive ketones (excluding diaryl/α,β-unsaturated/α-hetero) is 2. The molecule has 46 heavy (non-hydrogen) atoms. The summed E-state index contributed by atoms with van der Waals surface area (Å²) in [4.78, 5) is 43.4. The van der Waals surface area contributed by atoms with E-state index in [-0.39, 0.29) is 42.0 Å². The number of aliphatic hydroxyl groups excluding tert-OH is 2. The van der Waals surface area contributed by atoms with E-state index >= 15 is 0 Å². The van der Waals surface area contributed by atoms with Crippen LogP contribution in [0.1, 0.15) is 48.7 Å². The maximum Gasteiger partial charge on any atom is 0.255 e. The number of nitrogens with one attached hydrogen (secondary N) is 1. The zero-order valence-electron chi connectivity index (χ0n) is 27.1. The number of nitrogens with zero attached hydrogens (tertiary/aromatic N) is 2. The number of phenols is 1. The van der Waals surface area contributed by atoms with Crippen molar-refractivity contribution in [1.29, 1.82) is 0 Å². The number of para-hydroxylation sites is 1. The van der Waals surface area contributed by atoms with Gasteiger partial charge in [-0.15, -0.1) is 0 Å². The summed E-state index contributed by atoms with van der Waals surface area (Å²) in [5, 5.41) is 49.2. The van der Waals surface area contributed by atoms with Gasteiger partial charge in [-0.3, -0.25) is 19.3 Å². The SMILES string of the molecule is CN(C)c1cc(NCc2ccccc2OC(C)(C)C)c(O)c2c1C[C@H]1C[C@H]3[C@@H](N(C)C)C(O)=C(C(N)=O)C(=O)[C@@]3(O)C(O)=C1C2=O. The first-order valence-electron chi connectivity index (χ1n) is 15.1. The third-order valence-corrected chi connectivity index (χ3v) is 9.04. The summed E-state index contributed by atoms with van der Waals surface area (Å²) < 4.78 is 6.10. The smallest absolute Gasteiger partial charge is 0.255 e. The standard InChI is InChI=1S/C34H42N4O8/c1-33(2,3)46-22-11-9-8-10-16(22)15-36-20-14-21(37(4)5)18-12-17-13-19-26(38(6)7)29(41)25(32(35)44)31(43)34(19,45)30(42)23(17)28(40)24(18)27(20)39/h8-11,14,17,19,26,36,39,41-42,45H,12-13,15H2,1-7H3,(H2,35,44)/t17-,19-,26+,34-/m0/s1. The molecule has 0 saturated heterocycles. The van der Waals surface area contributed by atoms with E-state index in [1.807, 2.05) is 64.0 Å². The van der Waals surface area contributed by atoms with Crippen molar-refractivity contribution in [3.05, 3.63) is 69.7 Å². The quantitative estimate of drug-likeness (QED) is 0.194. The summed E-state index contributed by atoms with van der Waals surface area (Å²) >= 11 is 0. The normalized spacial score (nSPS) is 24.4. The van der Waals surface area contributed by atoms with Crippen molar-refractivity contribution in [3.8, 4) is 11.5 Å². The summed E-state index contributed by atoms with van der Waals surface area (Å²) in [6, 6.07) is 8.18. The van der Waals surface area contributed by atoms with E-state index in [1.54, 1.807) is 20.2 Å². The minimum atomic E-state index is -2.70. The lowest BCUT2D eigenvalue weighted by Gasteiger charge is -2.50. The van der Waals surface area contributed by atoms with Crippen LogP contribution in [-0.4, -0.2) is 88.2 Å². The number of nitrogens with two attached hydrogens (primary N) is 1. The third kappa shape index (κ3) is 5.15. The largest absolute Gasteiger partial charge is 0.510 e. The number of aliphatic hydroxyl groups is 3. The first-order chi connectivity index (χ1) is 21.4. The van der Waals surface area contributed by atoms with Crippen molar-refractivity contribution in [3.63, 3.8) is 0 Å². The van der Waals surface area contributed by atoms with E-state index in [0.717, 1.165) is 5.56 Å². The highest BCUT2D eigenvalue weighted by Crippen LogP contribution is 2.54. The molecule has 3 aliphatic carbocycles. The predicted octanol–water partition coefficient (Wildman–Crippen LogP) is 2.98. The third-order valence-electron chi connectivity index (χ3n) is 9.04. The van der Waals surface area contributed by atoms with Crippen molar-refractivity contribution in [2.45, 2.75) is 57.4 Å². The molecule has 1 amide bonds. The fourth-order valence-corrected chi connectivity index (χ4v) is 7.10. The van der Waals surface area contributed by atoms with Gasteiger partial charge in [0.05, 0.1) is 17.3 Å². The molecule has 0 aromatic heterocycles. The van der Waals surface area contributed by atoms with Gasteiger partial charge in [-0.1, -0.05) is 18.2 Å². The highest BCUT2D eigenvalue weighted by Gasteiger charge is 2.63. The van der Waals surface area contributed by atoms with Gasteiger partial charge in [-0.2, -0.15) is 0 Å². The van der Waals surface area contributed by atoms with Crippen molar-refractivity contribution >= 4 is 28.8 Å². The van der Waals surface area contributed by atoms with Crippen molar-refractivity contribution < 1.29 is 39.5 Å². The Kier molecular flexibility index (Phi) is 8.11. The predicted molar refractivity (Wildman–Crippen MR) is 172 cm³/mol. The van der Waals surface area contributed by atoms with Crippen LogP contribution in [0, 0.1) is 11.8 Å². The van der Waals surface area contributed by atoms with Crippen LogP contribution in [0.3, 0.4) is 0 Å². The number of carbonyl (C=O) groups excluding carboxylic acids is 3. The van der Waals surface area contributed by atoms with Crippen molar-refractivity contribution in [2.24, 2.45) is 17.6 Å². The highest BCUT2D eigenvalue weighted by atomic mass is 16.5. The van der Waals surface area contributed by atoms with E-state index < -0.39 is 63.6 Å². The number of primary amides is 1. The van der Waals surface area contributed by atoms with E-state index in [2.05, 4.69) is 5.32 Å². The van der Waals surface area contributed by atoms with E-state index in [0.29, 0.717) is 17.0 Å². The minimum Gasteiger partial charge on any atom is -0.510 e. The molecule has 0 unspecified atom stereocenters. The summed E-state index contributed by atoms with van der Waals surface area (Å²) in [6.45, 7) is 6.08. The van der Waals surface area contributed by atoms with Gasteiger partial charge in [0.15, 0.2) is 11.4 Å². The Hall–Kier alpha value is -4.55. The Balaban J connectivity index is 1.61. The second-order valence-electron chi connectivity index (χ2n) is 13.7. The van der Waals surface area contributed by atoms with Gasteiger partial charge in [-0.05, 0) is 71.3 Å². The van der Waals surface area contributed by atoms with Gasteiger partial charge in [0, 0.05) is 43.4 Å². The Bertz CT molecular complexity index is 1700. The molecule has 0 bridgehead atoms. The molecule has 12 nitrogen and oxygen atoms in total. The molecular weight excluding hydrogens is 592 g/mol. The second-order valence-corrected chi connectivity index (χ2v) is 13.7. The maximum atomic E-state index is 14.3. The van der Waals surface area contributed by atoms with Crippen LogP contribution in [0.5, 0.6) is 11.5 Å². The average molecular weight is 635 g/mol. The van der Waals surface area contributed by atoms with Crippen molar-refractivity contribution in [1.82, 2.24) is 4.90 Å². The van der Waals surface area contributed by atoms with E-state index in [4.69, 9.17) is 10.5 Å². The van der Waals surface area contributed by atoms with Gasteiger partial charge >= 0.3 is 0 Å². The number of aromatic hydroxyl groups is 1. The van der Waals surface area contributed by atoms with Gasteiger partial charge in [0.25, 0.3) is 5.91 Å². The van der Waals surface area contributed by atoms with Crippen LogP contribution in [-0.2, 0) is 22.6 Å². The fraction of sp³-hybridized carbons (Fsp3) is 0.441. The molecule has 2 aromatic rings. The highest BCUT2D eigenvalue weighted by molar-refractivity contribution is 6.25. The lowest BCUT2D eigenvalue weighted by atomic mass is 9.58. The molecule has 0 fully saturated rings. The zero-order valence-corrected chi connectivity index (χ0v) is 27.1. The number of amides is 1. The number of rotatable bonds is 7. The molecule has 4 atom stereocenters. The number of allylic oxidation sites excluding steroid dienone is 1. The van der Waals surface area contributed by atoms with Crippen LogP contribution in [0.2, 0.25) is 0 Å². The Labute approximate surface area is 267 Å². The Morgan fingerprint density at radius 2 is 1.76 bits per heavy atom. The maximum absolute atomic E-state index is 14.3. The van der Waals surface area contributed by atoms with E-state index in [1.165, 1.54) is 4.90 Å². The van der Waals surface area contributed by atoms with Crippen molar-refractivity contribution in [2.75, 3.05) is 38.4 Å². The van der Waals surface area contributed by atoms with Gasteiger partial charge in [-0.25, -0.2) is 0 Å². The number of hydrogen-bond acceptors (Lipinski definition) is 11. The average Bonchev–Trinajstić information content (AvgIpc) is 2.94. The topological polar surface area (TPSA) is 186 Å². The van der Waals surface area contributed by atoms with Crippen LogP contribution in [0.4, 0.5) is 11.4 Å². The second kappa shape index (κ2) is 11.4. The molecule has 12 heteroatoms. The molecule has 0 saturated carbocycles. The number of likely N-dealkylation sites (N-methyl/N-ethyl adjacent to an activating group) is 1. The molecule has 2 aromatic carbocycles. The van der Waals surface area contributed by atoms with Crippen LogP contribution < -0.4 is 20.7 Å². The molecule has 7 N–H and O–H groups in total. The number of ether oxygens (including phenoxy) is 1. The Morgan fingerprint density at radius 1 is 1.11 bits per heavy atom. The molecular formula is C34H42N4O8. The minimum absolute atomic E-state index is 0.0178. The molecule has 5 rings (SSSR count). The Morgan fingerprint density at radius 3 is 2.35 bits per heavy atom. The first-order valence-corrected chi connectivity index (χ1v) is 15.1. The van der Waals surface area contributed by atoms with Gasteiger partial charge < -0.3 is 41.1 Å². The number of anilines is 2. The number of hydrogen-bond donors (Lipinski definition) is 6. The van der Waals surface area contributed by atoms with Crippen LogP contribution in [0.15, 0.2) is 53.0 Å². The molecule has 0 aliphatic heterocycles. The first kappa shape index (κ1) is 32.8. The van der Waals surface area contributed by atoms with Gasteiger partial charge in [0.2, 0.25) is 5.78 Å². The van der Waals surface area contributed by atoms with Gasteiger partial charge in [0.1, 0.15) is 34.2 Å². The van der Waals surface area contributed by atoms with E-state index in [9.17, 15) is 34.8 Å². The fourth-order valence-electron chi connectivity index (χ4n) is 7.10. The van der Waals surface area contributed by atoms with Crippen LogP contribution >= 0.6 is 0 Å². The molecule has 246 valence electrons. The lowest BCUT2D eigenvalue weighted by Crippen LogP contribution is -2.63. The summed E-state index contributed by atoms with van der Waals surface area (Å²) in [7, 11) is 6.81. The number of phenolic OH excluding ortho intramolecular Hbond substituents is 1. The monoisotopic (exact) mass is 634 g/mol. The molecule has 0 radical (unpaired) electrons. The molecule has 3 aliphatic rings. The number of ketones is 2. The summed E-state index contributed by atoms with van der Waals surface area (Å²) in [5.41, 5.74) is 3.46. The summed E-state index contributed by atoms with van der Waals surface area (Å²) in [5.74, 6) is -6.22. The van der Waals surface area contributed by atoms with Crippen LogP contribution in [0.25, 0.3) is 0 Å². The number of carbonyl (C=O) groups is 3. The summed E-state index contributed by atoms with van der Waals surface area (Å²) in [6.07, 6.45) is 0.210. The molecule has 0 heterocycles. The lowest BCUT2D eigenvalue weighted by molar-refractivity contribution is -0.148. The zero-order chi connectivity index (χ0) is 34.0. The number of benzene rings is 2. The molecule has 0 spiro atoms.